The molecule has 178 valence electrons. The van der Waals surface area contributed by atoms with Crippen LogP contribution in [-0.2, 0) is 33.6 Å². The van der Waals surface area contributed by atoms with Crippen LogP contribution in [-0.4, -0.2) is 54.7 Å². The molecule has 0 aliphatic heterocycles. The number of esters is 1. The van der Waals surface area contributed by atoms with Gasteiger partial charge in [-0.2, -0.15) is 0 Å². The Morgan fingerprint density at radius 2 is 1.91 bits per heavy atom. The number of thiazole rings is 1. The van der Waals surface area contributed by atoms with Gasteiger partial charge in [-0.3, -0.25) is 14.4 Å². The highest BCUT2D eigenvalue weighted by Gasteiger charge is 2.26. The van der Waals surface area contributed by atoms with Crippen LogP contribution >= 0.6 is 11.3 Å². The quantitative estimate of drug-likeness (QED) is 0.342. The predicted molar refractivity (Wildman–Crippen MR) is 130 cm³/mol. The molecule has 3 rings (SSSR count). The number of hydrogen-bond acceptors (Lipinski definition) is 7. The summed E-state index contributed by atoms with van der Waals surface area (Å²) in [7, 11) is 3.86. The molecule has 0 spiro atoms. The number of benzene rings is 1. The summed E-state index contributed by atoms with van der Waals surface area (Å²) >= 11 is 1.44. The van der Waals surface area contributed by atoms with Gasteiger partial charge in [0.25, 0.3) is 0 Å². The largest absolute Gasteiger partial charge is 0.464 e. The molecule has 1 fully saturated rings. The lowest BCUT2D eigenvalue weighted by atomic mass is 9.90. The van der Waals surface area contributed by atoms with Crippen LogP contribution < -0.4 is 0 Å². The fourth-order valence-corrected chi connectivity index (χ4v) is 4.97. The molecule has 0 N–H and O–H groups in total. The van der Waals surface area contributed by atoms with E-state index in [1.165, 1.54) is 11.3 Å². The van der Waals surface area contributed by atoms with E-state index in [2.05, 4.69) is 4.98 Å². The van der Waals surface area contributed by atoms with Crippen molar-refractivity contribution in [2.45, 2.75) is 58.3 Å². The second kappa shape index (κ2) is 12.2. The number of aromatic nitrogens is 1. The summed E-state index contributed by atoms with van der Waals surface area (Å²) in [6.45, 7) is 3.06. The summed E-state index contributed by atoms with van der Waals surface area (Å²) in [5.41, 5.74) is 3.37. The fraction of sp³-hybridized carbons (Fsp3) is 0.538. The molecule has 7 heteroatoms. The third kappa shape index (κ3) is 7.86. The number of likely N-dealkylation sites (N-methyl/N-ethyl adjacent to an activating group) is 1. The maximum atomic E-state index is 13.0. The molecule has 0 unspecified atom stereocenters. The number of aryl methyl sites for hydroxylation is 2. The number of nitrogens with zero attached hydrogens (tertiary/aromatic N) is 2. The van der Waals surface area contributed by atoms with Crippen molar-refractivity contribution in [2.75, 3.05) is 27.2 Å². The van der Waals surface area contributed by atoms with Gasteiger partial charge in [-0.15, -0.1) is 11.3 Å². The van der Waals surface area contributed by atoms with Gasteiger partial charge in [-0.05, 0) is 45.5 Å². The maximum absolute atomic E-state index is 13.0. The molecule has 1 saturated carbocycles. The number of carbonyl (C=O) groups is 3. The number of hydrogen-bond donors (Lipinski definition) is 0. The van der Waals surface area contributed by atoms with E-state index in [9.17, 15) is 14.4 Å². The van der Waals surface area contributed by atoms with E-state index >= 15 is 0 Å². The van der Waals surface area contributed by atoms with E-state index < -0.39 is 0 Å². The Bertz CT molecular complexity index is 976. The second-order valence-corrected chi connectivity index (χ2v) is 10.1. The van der Waals surface area contributed by atoms with Crippen LogP contribution in [0.25, 0.3) is 0 Å². The van der Waals surface area contributed by atoms with Gasteiger partial charge < -0.3 is 9.64 Å². The van der Waals surface area contributed by atoms with Crippen LogP contribution in [0.15, 0.2) is 23.6 Å². The first-order valence-electron chi connectivity index (χ1n) is 11.7. The van der Waals surface area contributed by atoms with Crippen molar-refractivity contribution < 1.29 is 19.1 Å². The highest BCUT2D eigenvalue weighted by molar-refractivity contribution is 7.09. The van der Waals surface area contributed by atoms with Crippen molar-refractivity contribution in [3.63, 3.8) is 0 Å². The molecule has 6 nitrogen and oxygen atoms in total. The number of carbonyl (C=O) groups excluding carboxylic acids is 3. The van der Waals surface area contributed by atoms with E-state index in [1.54, 1.807) is 0 Å². The van der Waals surface area contributed by atoms with E-state index in [0.29, 0.717) is 25.1 Å². The van der Waals surface area contributed by atoms with Crippen molar-refractivity contribution in [1.29, 1.82) is 0 Å². The van der Waals surface area contributed by atoms with Crippen molar-refractivity contribution in [1.82, 2.24) is 9.88 Å². The van der Waals surface area contributed by atoms with Crippen LogP contribution in [0.4, 0.5) is 0 Å². The van der Waals surface area contributed by atoms with Gasteiger partial charge >= 0.3 is 5.97 Å². The minimum Gasteiger partial charge on any atom is -0.464 e. The Morgan fingerprint density at radius 3 is 2.64 bits per heavy atom. The van der Waals surface area contributed by atoms with Crippen LogP contribution in [0.1, 0.15) is 64.3 Å². The Balaban J connectivity index is 1.53. The summed E-state index contributed by atoms with van der Waals surface area (Å²) in [5.74, 6) is 0.0920. The summed E-state index contributed by atoms with van der Waals surface area (Å²) in [6.07, 6.45) is 5.37. The molecule has 0 radical (unpaired) electrons. The first-order valence-corrected chi connectivity index (χ1v) is 12.6. The van der Waals surface area contributed by atoms with Crippen LogP contribution in [0, 0.1) is 12.8 Å². The van der Waals surface area contributed by atoms with Gasteiger partial charge in [0.05, 0.1) is 18.5 Å². The number of Topliss-reactive ketones (excluding diaryl/α,β-unsaturated/α-hetero) is 2. The SMILES string of the molecule is Cc1ccc(CC(=O)Cc2nc(CCC(=O)OCCN(C)C)cs2)c(C(=O)C2CCCC2)c1. The average Bonchev–Trinajstić information content (AvgIpc) is 3.45. The lowest BCUT2D eigenvalue weighted by Crippen LogP contribution is -2.20. The molecule has 0 saturated heterocycles. The Labute approximate surface area is 200 Å². The lowest BCUT2D eigenvalue weighted by Gasteiger charge is -2.13. The number of ketones is 2. The topological polar surface area (TPSA) is 76.6 Å². The van der Waals surface area contributed by atoms with Crippen molar-refractivity contribution in [3.8, 4) is 0 Å². The first kappa shape index (κ1) is 25.2. The van der Waals surface area contributed by atoms with Crippen molar-refractivity contribution in [2.24, 2.45) is 5.92 Å². The normalized spacial score (nSPS) is 14.1. The van der Waals surface area contributed by atoms with Gasteiger partial charge in [0.1, 0.15) is 17.4 Å². The minimum absolute atomic E-state index is 0.0447. The van der Waals surface area contributed by atoms with Gasteiger partial charge in [0.15, 0.2) is 5.78 Å². The fourth-order valence-electron chi connectivity index (χ4n) is 4.11. The van der Waals surface area contributed by atoms with Crippen LogP contribution in [0.3, 0.4) is 0 Å². The zero-order valence-electron chi connectivity index (χ0n) is 19.9. The van der Waals surface area contributed by atoms with Crippen LogP contribution in [0.2, 0.25) is 0 Å². The van der Waals surface area contributed by atoms with E-state index in [1.807, 2.05) is 49.5 Å². The van der Waals surface area contributed by atoms with Gasteiger partial charge in [0.2, 0.25) is 0 Å². The number of ether oxygens (including phenoxy) is 1. The lowest BCUT2D eigenvalue weighted by molar-refractivity contribution is -0.143. The van der Waals surface area contributed by atoms with Crippen molar-refractivity contribution >= 4 is 28.9 Å². The monoisotopic (exact) mass is 470 g/mol. The second-order valence-electron chi connectivity index (χ2n) is 9.15. The summed E-state index contributed by atoms with van der Waals surface area (Å²) < 4.78 is 5.20. The Morgan fingerprint density at radius 1 is 1.15 bits per heavy atom. The molecular formula is C26H34N2O4S. The molecule has 1 aliphatic carbocycles. The molecule has 33 heavy (non-hydrogen) atoms. The summed E-state index contributed by atoms with van der Waals surface area (Å²) in [4.78, 5) is 44.1. The predicted octanol–water partition coefficient (Wildman–Crippen LogP) is 4.22. The zero-order chi connectivity index (χ0) is 23.8. The van der Waals surface area contributed by atoms with E-state index in [4.69, 9.17) is 4.74 Å². The molecule has 1 aliphatic rings. The maximum Gasteiger partial charge on any atom is 0.306 e. The zero-order valence-corrected chi connectivity index (χ0v) is 20.7. The minimum atomic E-state index is -0.235. The van der Waals surface area contributed by atoms with Gasteiger partial charge in [-0.25, -0.2) is 4.98 Å². The Kier molecular flexibility index (Phi) is 9.32. The first-order chi connectivity index (χ1) is 15.8. The van der Waals surface area contributed by atoms with E-state index in [-0.39, 0.29) is 42.7 Å². The smallest absolute Gasteiger partial charge is 0.306 e. The van der Waals surface area contributed by atoms with E-state index in [0.717, 1.165) is 47.5 Å². The third-order valence-corrected chi connectivity index (χ3v) is 6.88. The van der Waals surface area contributed by atoms with Gasteiger partial charge in [-0.1, -0.05) is 30.5 Å². The highest BCUT2D eigenvalue weighted by atomic mass is 32.1. The standard InChI is InChI=1S/C26H34N2O4S/c1-18-8-9-20(23(14-18)26(31)19-6-4-5-7-19)15-22(29)16-24-27-21(17-33-24)10-11-25(30)32-13-12-28(2)3/h8-9,14,17,19H,4-7,10-13,15-16H2,1-3H3. The molecule has 1 aromatic carbocycles. The molecule has 0 atom stereocenters. The molecule has 1 heterocycles. The molecule has 0 amide bonds. The third-order valence-electron chi connectivity index (χ3n) is 5.98. The number of rotatable bonds is 12. The molecule has 0 bridgehead atoms. The highest BCUT2D eigenvalue weighted by Crippen LogP contribution is 2.29. The van der Waals surface area contributed by atoms with Crippen molar-refractivity contribution in [3.05, 3.63) is 51.0 Å². The molecular weight excluding hydrogens is 436 g/mol. The Hall–Kier alpha value is -2.38. The molecule has 1 aromatic heterocycles. The average molecular weight is 471 g/mol. The summed E-state index contributed by atoms with van der Waals surface area (Å²) in [6, 6.07) is 5.82. The summed E-state index contributed by atoms with van der Waals surface area (Å²) in [5, 5.41) is 2.64. The van der Waals surface area contributed by atoms with Crippen LogP contribution in [0.5, 0.6) is 0 Å². The van der Waals surface area contributed by atoms with Gasteiger partial charge in [0, 0.05) is 36.2 Å². The molecule has 2 aromatic rings.